The number of rotatable bonds is 4. The topological polar surface area (TPSA) is 108 Å². The first kappa shape index (κ1) is 20.3. The minimum Gasteiger partial charge on any atom is -0.492 e. The van der Waals surface area contributed by atoms with Gasteiger partial charge in [-0.1, -0.05) is 12.1 Å². The van der Waals surface area contributed by atoms with E-state index in [0.29, 0.717) is 5.75 Å². The van der Waals surface area contributed by atoms with Crippen LogP contribution in [0.3, 0.4) is 0 Å². The van der Waals surface area contributed by atoms with E-state index in [0.717, 1.165) is 5.56 Å². The first-order valence-corrected chi connectivity index (χ1v) is 8.88. The average Bonchev–Trinajstić information content (AvgIpc) is 2.61. The van der Waals surface area contributed by atoms with Crippen LogP contribution in [0.4, 0.5) is 0 Å². The summed E-state index contributed by atoms with van der Waals surface area (Å²) in [5, 5.41) is 11.0. The van der Waals surface area contributed by atoms with Gasteiger partial charge in [-0.15, -0.1) is 0 Å². The third-order valence-corrected chi connectivity index (χ3v) is 4.26. The summed E-state index contributed by atoms with van der Waals surface area (Å²) in [4.78, 5) is 33.8. The number of aliphatic hydroxyl groups excluding tert-OH is 1. The Bertz CT molecular complexity index is 948. The molecule has 29 heavy (non-hydrogen) atoms. The van der Waals surface area contributed by atoms with Gasteiger partial charge < -0.3 is 24.1 Å². The summed E-state index contributed by atoms with van der Waals surface area (Å²) in [6, 6.07) is 9.51. The van der Waals surface area contributed by atoms with Gasteiger partial charge in [0.2, 0.25) is 0 Å². The third-order valence-electron chi connectivity index (χ3n) is 4.26. The Morgan fingerprint density at radius 1 is 0.897 bits per heavy atom. The smallest absolute Gasteiger partial charge is 0.308 e. The van der Waals surface area contributed by atoms with E-state index < -0.39 is 29.9 Å². The molecule has 0 amide bonds. The van der Waals surface area contributed by atoms with Crippen molar-refractivity contribution >= 4 is 17.9 Å². The Labute approximate surface area is 167 Å². The lowest BCUT2D eigenvalue weighted by atomic mass is 9.87. The second-order valence-corrected chi connectivity index (χ2v) is 6.55. The highest BCUT2D eigenvalue weighted by molar-refractivity contribution is 5.73. The van der Waals surface area contributed by atoms with Crippen molar-refractivity contribution in [2.45, 2.75) is 32.8 Å². The Balaban J connectivity index is 1.95. The van der Waals surface area contributed by atoms with Gasteiger partial charge in [0.25, 0.3) is 0 Å². The quantitative estimate of drug-likeness (QED) is 0.616. The van der Waals surface area contributed by atoms with Crippen molar-refractivity contribution in [1.82, 2.24) is 0 Å². The summed E-state index contributed by atoms with van der Waals surface area (Å²) in [5.41, 5.74) is 1.04. The van der Waals surface area contributed by atoms with E-state index in [1.54, 1.807) is 24.3 Å². The van der Waals surface area contributed by atoms with Crippen LogP contribution in [0.15, 0.2) is 36.4 Å². The van der Waals surface area contributed by atoms with Gasteiger partial charge in [-0.05, 0) is 17.7 Å². The second kappa shape index (κ2) is 8.32. The molecule has 2 aromatic carbocycles. The van der Waals surface area contributed by atoms with Crippen molar-refractivity contribution in [2.24, 2.45) is 0 Å². The fourth-order valence-electron chi connectivity index (χ4n) is 3.15. The summed E-state index contributed by atoms with van der Waals surface area (Å²) >= 11 is 0. The standard InChI is InChI=1S/C21H20O8/c1-11(22)27-15-6-4-14(5-7-15)17-10-26-18-8-16(28-12(2)23)9-19(29-13(3)24)20(18)21(17)25/h4-9,17,21,25H,10H2,1-3H3. The number of ether oxygens (including phenoxy) is 4. The highest BCUT2D eigenvalue weighted by Crippen LogP contribution is 2.47. The first-order valence-electron chi connectivity index (χ1n) is 8.88. The zero-order valence-corrected chi connectivity index (χ0v) is 16.1. The zero-order valence-electron chi connectivity index (χ0n) is 16.1. The number of carbonyl (C=O) groups excluding carboxylic acids is 3. The molecule has 2 unspecified atom stereocenters. The largest absolute Gasteiger partial charge is 0.492 e. The predicted molar refractivity (Wildman–Crippen MR) is 100 cm³/mol. The SMILES string of the molecule is CC(=O)Oc1ccc(C2COc3cc(OC(C)=O)cc(OC(C)=O)c3C2O)cc1. The maximum Gasteiger partial charge on any atom is 0.308 e. The molecule has 3 rings (SSSR count). The van der Waals surface area contributed by atoms with Gasteiger partial charge in [0.15, 0.2) is 0 Å². The van der Waals surface area contributed by atoms with E-state index in [1.807, 2.05) is 0 Å². The van der Waals surface area contributed by atoms with E-state index >= 15 is 0 Å². The molecule has 2 atom stereocenters. The van der Waals surface area contributed by atoms with Crippen LogP contribution in [0, 0.1) is 0 Å². The van der Waals surface area contributed by atoms with Crippen molar-refractivity contribution in [1.29, 1.82) is 0 Å². The predicted octanol–water partition coefficient (Wildman–Crippen LogP) is 2.67. The fraction of sp³-hybridized carbons (Fsp3) is 0.286. The number of aliphatic hydroxyl groups is 1. The van der Waals surface area contributed by atoms with Gasteiger partial charge in [-0.25, -0.2) is 0 Å². The minimum atomic E-state index is -1.04. The van der Waals surface area contributed by atoms with Gasteiger partial charge in [0.05, 0.1) is 18.3 Å². The zero-order chi connectivity index (χ0) is 21.1. The fourth-order valence-corrected chi connectivity index (χ4v) is 3.15. The highest BCUT2D eigenvalue weighted by Gasteiger charge is 2.34. The molecule has 0 saturated heterocycles. The van der Waals surface area contributed by atoms with Crippen molar-refractivity contribution in [2.75, 3.05) is 6.61 Å². The third kappa shape index (κ3) is 4.72. The molecule has 0 radical (unpaired) electrons. The Morgan fingerprint density at radius 2 is 1.48 bits per heavy atom. The molecule has 2 aromatic rings. The molecule has 0 saturated carbocycles. The molecule has 1 aliphatic heterocycles. The van der Waals surface area contributed by atoms with E-state index in [4.69, 9.17) is 18.9 Å². The van der Waals surface area contributed by atoms with Crippen LogP contribution in [0.2, 0.25) is 0 Å². The number of hydrogen-bond acceptors (Lipinski definition) is 8. The first-order chi connectivity index (χ1) is 13.7. The molecule has 8 heteroatoms. The lowest BCUT2D eigenvalue weighted by Crippen LogP contribution is -2.25. The van der Waals surface area contributed by atoms with Crippen molar-refractivity contribution in [3.05, 3.63) is 47.5 Å². The summed E-state index contributed by atoms with van der Waals surface area (Å²) in [6.45, 7) is 3.93. The molecule has 8 nitrogen and oxygen atoms in total. The summed E-state index contributed by atoms with van der Waals surface area (Å²) in [6.07, 6.45) is -1.04. The van der Waals surface area contributed by atoms with Crippen LogP contribution in [-0.2, 0) is 14.4 Å². The molecule has 0 aliphatic carbocycles. The number of carbonyl (C=O) groups is 3. The summed E-state index contributed by atoms with van der Waals surface area (Å²) in [5.74, 6) is -1.17. The van der Waals surface area contributed by atoms with Crippen LogP contribution in [-0.4, -0.2) is 29.6 Å². The highest BCUT2D eigenvalue weighted by atomic mass is 16.6. The Morgan fingerprint density at radius 3 is 2.07 bits per heavy atom. The van der Waals surface area contributed by atoms with Crippen LogP contribution in [0.25, 0.3) is 0 Å². The van der Waals surface area contributed by atoms with Crippen molar-refractivity contribution in [3.8, 4) is 23.0 Å². The number of fused-ring (bicyclic) bond motifs is 1. The molecule has 152 valence electrons. The molecule has 0 aromatic heterocycles. The molecule has 1 heterocycles. The lowest BCUT2D eigenvalue weighted by Gasteiger charge is -2.32. The molecular formula is C21H20O8. The van der Waals surface area contributed by atoms with Crippen molar-refractivity contribution < 1.29 is 38.4 Å². The maximum atomic E-state index is 11.5. The van der Waals surface area contributed by atoms with Crippen molar-refractivity contribution in [3.63, 3.8) is 0 Å². The van der Waals surface area contributed by atoms with Crippen LogP contribution < -0.4 is 18.9 Å². The molecular weight excluding hydrogens is 380 g/mol. The minimum absolute atomic E-state index is 0.0555. The van der Waals surface area contributed by atoms with Crippen LogP contribution in [0.1, 0.15) is 43.9 Å². The average molecular weight is 400 g/mol. The van der Waals surface area contributed by atoms with E-state index in [9.17, 15) is 19.5 Å². The summed E-state index contributed by atoms with van der Waals surface area (Å²) in [7, 11) is 0. The molecule has 1 aliphatic rings. The van der Waals surface area contributed by atoms with Gasteiger partial charge in [-0.3, -0.25) is 14.4 Å². The van der Waals surface area contributed by atoms with E-state index in [-0.39, 0.29) is 29.4 Å². The summed E-state index contributed by atoms with van der Waals surface area (Å²) < 4.78 is 21.1. The van der Waals surface area contributed by atoms with E-state index in [1.165, 1.54) is 32.9 Å². The van der Waals surface area contributed by atoms with Crippen LogP contribution in [0.5, 0.6) is 23.0 Å². The molecule has 0 bridgehead atoms. The van der Waals surface area contributed by atoms with Gasteiger partial charge in [0.1, 0.15) is 23.0 Å². The van der Waals surface area contributed by atoms with Gasteiger partial charge in [0, 0.05) is 38.8 Å². The normalized spacial score (nSPS) is 17.5. The monoisotopic (exact) mass is 400 g/mol. The molecule has 1 N–H and O–H groups in total. The van der Waals surface area contributed by atoms with Gasteiger partial charge >= 0.3 is 17.9 Å². The molecule has 0 fully saturated rings. The number of hydrogen-bond donors (Lipinski definition) is 1. The van der Waals surface area contributed by atoms with E-state index in [2.05, 4.69) is 0 Å². The Hall–Kier alpha value is -3.39. The number of esters is 3. The van der Waals surface area contributed by atoms with Crippen LogP contribution >= 0.6 is 0 Å². The molecule has 0 spiro atoms. The lowest BCUT2D eigenvalue weighted by molar-refractivity contribution is -0.133. The second-order valence-electron chi connectivity index (χ2n) is 6.55. The van der Waals surface area contributed by atoms with Gasteiger partial charge in [-0.2, -0.15) is 0 Å². The number of benzene rings is 2. The maximum absolute atomic E-state index is 11.5. The Kier molecular flexibility index (Phi) is 5.84.